The number of carbonyl (C=O) groups is 3. The van der Waals surface area contributed by atoms with E-state index in [1.807, 2.05) is 0 Å². The van der Waals surface area contributed by atoms with E-state index in [2.05, 4.69) is 5.32 Å². The lowest BCUT2D eigenvalue weighted by Crippen LogP contribution is -2.44. The highest BCUT2D eigenvalue weighted by Crippen LogP contribution is 2.16. The molecule has 0 radical (unpaired) electrons. The zero-order valence-electron chi connectivity index (χ0n) is 15.3. The number of carbonyl (C=O) groups excluding carboxylic acids is 2. The number of ether oxygens (including phenoxy) is 2. The predicted molar refractivity (Wildman–Crippen MR) is 88.4 cm³/mol. The first-order valence-corrected chi connectivity index (χ1v) is 7.90. The first kappa shape index (κ1) is 22.2. The van der Waals surface area contributed by atoms with Gasteiger partial charge in [-0.1, -0.05) is 0 Å². The summed E-state index contributed by atoms with van der Waals surface area (Å²) in [6.45, 7) is 10.3. The van der Waals surface area contributed by atoms with Crippen LogP contribution in [0.2, 0.25) is 0 Å². The molecule has 0 aliphatic carbocycles. The van der Waals surface area contributed by atoms with Crippen molar-refractivity contribution < 1.29 is 29.0 Å². The lowest BCUT2D eigenvalue weighted by atomic mass is 9.99. The Bertz CT molecular complexity index is 450. The molecule has 0 rings (SSSR count). The predicted octanol–water partition coefficient (Wildman–Crippen LogP) is 1.66. The van der Waals surface area contributed by atoms with E-state index in [9.17, 15) is 19.5 Å². The molecule has 0 saturated carbocycles. The van der Waals surface area contributed by atoms with Crippen LogP contribution in [-0.4, -0.2) is 46.9 Å². The highest BCUT2D eigenvalue weighted by atomic mass is 16.6. The van der Waals surface area contributed by atoms with Crippen LogP contribution in [0.5, 0.6) is 0 Å². The summed E-state index contributed by atoms with van der Waals surface area (Å²) < 4.78 is 10.3. The number of hydrogen-bond acceptors (Lipinski definition) is 6. The Kier molecular flexibility index (Phi) is 8.19. The molecule has 140 valence electrons. The number of rotatable bonds is 7. The molecule has 0 saturated heterocycles. The molecule has 8 nitrogen and oxygen atoms in total. The van der Waals surface area contributed by atoms with Gasteiger partial charge in [-0.25, -0.2) is 9.59 Å². The van der Waals surface area contributed by atoms with E-state index in [4.69, 9.17) is 15.2 Å². The fraction of sp³-hybridized carbons (Fsp3) is 0.812. The largest absolute Gasteiger partial charge is 0.480 e. The molecule has 0 aromatic heterocycles. The fourth-order valence-corrected chi connectivity index (χ4v) is 1.79. The van der Waals surface area contributed by atoms with Gasteiger partial charge in [0.25, 0.3) is 0 Å². The molecular weight excluding hydrogens is 316 g/mol. The zero-order valence-corrected chi connectivity index (χ0v) is 15.3. The Balaban J connectivity index is 4.69. The van der Waals surface area contributed by atoms with Crippen molar-refractivity contribution in [1.82, 2.24) is 5.32 Å². The van der Waals surface area contributed by atoms with Crippen LogP contribution in [0.3, 0.4) is 0 Å². The van der Waals surface area contributed by atoms with Gasteiger partial charge in [-0.3, -0.25) is 4.79 Å². The van der Waals surface area contributed by atoms with Crippen molar-refractivity contribution in [1.29, 1.82) is 0 Å². The highest BCUT2D eigenvalue weighted by Gasteiger charge is 2.28. The minimum absolute atomic E-state index is 0.0354. The van der Waals surface area contributed by atoms with Crippen molar-refractivity contribution in [3.05, 3.63) is 0 Å². The van der Waals surface area contributed by atoms with Gasteiger partial charge >= 0.3 is 18.0 Å². The van der Waals surface area contributed by atoms with Crippen LogP contribution in [-0.2, 0) is 19.1 Å². The molecular formula is C16H30N2O6. The van der Waals surface area contributed by atoms with Crippen LogP contribution >= 0.6 is 0 Å². The van der Waals surface area contributed by atoms with E-state index in [0.717, 1.165) is 0 Å². The van der Waals surface area contributed by atoms with Crippen LogP contribution in [0.15, 0.2) is 0 Å². The van der Waals surface area contributed by atoms with Crippen molar-refractivity contribution in [2.75, 3.05) is 6.54 Å². The fourth-order valence-electron chi connectivity index (χ4n) is 1.79. The summed E-state index contributed by atoms with van der Waals surface area (Å²) in [4.78, 5) is 35.0. The van der Waals surface area contributed by atoms with Crippen LogP contribution in [0.1, 0.15) is 54.4 Å². The number of amides is 1. The highest BCUT2D eigenvalue weighted by molar-refractivity contribution is 5.80. The lowest BCUT2D eigenvalue weighted by Gasteiger charge is -2.25. The van der Waals surface area contributed by atoms with E-state index in [1.54, 1.807) is 41.5 Å². The van der Waals surface area contributed by atoms with Crippen molar-refractivity contribution in [2.24, 2.45) is 11.7 Å². The van der Waals surface area contributed by atoms with Gasteiger partial charge in [0.15, 0.2) is 0 Å². The molecule has 0 aromatic carbocycles. The topological polar surface area (TPSA) is 128 Å². The normalized spacial score (nSPS) is 14.5. The number of esters is 1. The molecule has 2 atom stereocenters. The van der Waals surface area contributed by atoms with Gasteiger partial charge in [0.05, 0.1) is 5.92 Å². The van der Waals surface area contributed by atoms with E-state index in [-0.39, 0.29) is 19.4 Å². The Morgan fingerprint density at radius 2 is 1.50 bits per heavy atom. The average Bonchev–Trinajstić information content (AvgIpc) is 2.33. The van der Waals surface area contributed by atoms with Crippen LogP contribution in [0, 0.1) is 5.92 Å². The molecule has 0 fully saturated rings. The zero-order chi connectivity index (χ0) is 19.1. The molecule has 1 unspecified atom stereocenters. The number of nitrogens with two attached hydrogens (primary N) is 1. The van der Waals surface area contributed by atoms with Crippen molar-refractivity contribution in [3.8, 4) is 0 Å². The molecule has 0 spiro atoms. The maximum atomic E-state index is 12.0. The van der Waals surface area contributed by atoms with Crippen molar-refractivity contribution >= 4 is 18.0 Å². The molecule has 0 aliphatic rings. The summed E-state index contributed by atoms with van der Waals surface area (Å²) in [6, 6.07) is -1.17. The molecule has 0 aliphatic heterocycles. The third-order valence-corrected chi connectivity index (χ3v) is 2.82. The van der Waals surface area contributed by atoms with Crippen molar-refractivity contribution in [3.63, 3.8) is 0 Å². The molecule has 4 N–H and O–H groups in total. The van der Waals surface area contributed by atoms with Crippen LogP contribution in [0.4, 0.5) is 4.79 Å². The van der Waals surface area contributed by atoms with Gasteiger partial charge < -0.3 is 25.6 Å². The molecule has 0 heterocycles. The number of nitrogens with one attached hydrogen (secondary N) is 1. The second-order valence-corrected chi connectivity index (χ2v) is 7.58. The quantitative estimate of drug-likeness (QED) is 0.598. The maximum absolute atomic E-state index is 12.0. The standard InChI is InChI=1S/C16H30N2O6/c1-15(2,3)23-13(21)10(9-17)7-8-11(12(19)20)18-14(22)24-16(4,5)6/h10-11H,7-9,17H2,1-6H3,(H,18,22)(H,19,20)/t10?,11-/m0/s1. The van der Waals surface area contributed by atoms with E-state index < -0.39 is 41.2 Å². The Labute approximate surface area is 143 Å². The number of hydrogen-bond donors (Lipinski definition) is 3. The van der Waals surface area contributed by atoms with Crippen LogP contribution in [0.25, 0.3) is 0 Å². The molecule has 0 aromatic rings. The number of carboxylic acid groups (broad SMARTS) is 1. The first-order valence-electron chi connectivity index (χ1n) is 7.90. The number of carboxylic acids is 1. The smallest absolute Gasteiger partial charge is 0.408 e. The van der Waals surface area contributed by atoms with Gasteiger partial charge in [0.1, 0.15) is 17.2 Å². The summed E-state index contributed by atoms with van der Waals surface area (Å²) >= 11 is 0. The second-order valence-electron chi connectivity index (χ2n) is 7.58. The van der Waals surface area contributed by atoms with E-state index in [0.29, 0.717) is 0 Å². The van der Waals surface area contributed by atoms with Crippen LogP contribution < -0.4 is 11.1 Å². The second kappa shape index (κ2) is 8.86. The SMILES string of the molecule is CC(C)(C)OC(=O)N[C@@H](CCC(CN)C(=O)OC(C)(C)C)C(=O)O. The van der Waals surface area contributed by atoms with Gasteiger partial charge in [0.2, 0.25) is 0 Å². The maximum Gasteiger partial charge on any atom is 0.408 e. The molecule has 24 heavy (non-hydrogen) atoms. The average molecular weight is 346 g/mol. The first-order chi connectivity index (χ1) is 10.7. The minimum atomic E-state index is -1.21. The van der Waals surface area contributed by atoms with Gasteiger partial charge in [-0.15, -0.1) is 0 Å². The molecule has 0 bridgehead atoms. The number of alkyl carbamates (subject to hydrolysis) is 1. The Morgan fingerprint density at radius 3 is 1.88 bits per heavy atom. The minimum Gasteiger partial charge on any atom is -0.480 e. The third kappa shape index (κ3) is 10.0. The Morgan fingerprint density at radius 1 is 1.00 bits per heavy atom. The summed E-state index contributed by atoms with van der Waals surface area (Å²) in [5.41, 5.74) is 4.20. The van der Waals surface area contributed by atoms with Gasteiger partial charge in [0, 0.05) is 6.54 Å². The Hall–Kier alpha value is -1.83. The summed E-state index contributed by atoms with van der Waals surface area (Å²) in [5, 5.41) is 11.5. The van der Waals surface area contributed by atoms with Gasteiger partial charge in [-0.2, -0.15) is 0 Å². The summed E-state index contributed by atoms with van der Waals surface area (Å²) in [6.07, 6.45) is -0.607. The van der Waals surface area contributed by atoms with E-state index >= 15 is 0 Å². The summed E-state index contributed by atoms with van der Waals surface area (Å²) in [5.74, 6) is -2.32. The number of aliphatic carboxylic acids is 1. The summed E-state index contributed by atoms with van der Waals surface area (Å²) in [7, 11) is 0. The van der Waals surface area contributed by atoms with Crippen molar-refractivity contribution in [2.45, 2.75) is 71.6 Å². The molecule has 1 amide bonds. The van der Waals surface area contributed by atoms with E-state index in [1.165, 1.54) is 0 Å². The molecule has 8 heteroatoms. The lowest BCUT2D eigenvalue weighted by molar-refractivity contribution is -0.160. The monoisotopic (exact) mass is 346 g/mol. The van der Waals surface area contributed by atoms with Gasteiger partial charge in [-0.05, 0) is 54.4 Å². The third-order valence-electron chi connectivity index (χ3n) is 2.82.